The van der Waals surface area contributed by atoms with Crippen LogP contribution in [-0.4, -0.2) is 11.6 Å². The van der Waals surface area contributed by atoms with Gasteiger partial charge in [-0.15, -0.1) is 22.9 Å². The molecule has 0 radical (unpaired) electrons. The smallest absolute Gasteiger partial charge is 0.139 e. The topological polar surface area (TPSA) is 22.1 Å². The average molecular weight is 385 g/mol. The van der Waals surface area contributed by atoms with Crippen LogP contribution in [0.1, 0.15) is 23.5 Å². The van der Waals surface area contributed by atoms with E-state index in [9.17, 15) is 0 Å². The van der Waals surface area contributed by atoms with E-state index in [1.54, 1.807) is 23.5 Å². The Morgan fingerprint density at radius 1 is 1.05 bits per heavy atom. The zero-order chi connectivity index (χ0) is 15.2. The molecule has 1 heterocycles. The summed E-state index contributed by atoms with van der Waals surface area (Å²) in [4.78, 5) is 4.41. The lowest BCUT2D eigenvalue weighted by Gasteiger charge is -2.09. The van der Waals surface area contributed by atoms with Crippen molar-refractivity contribution in [2.75, 3.05) is 6.61 Å². The summed E-state index contributed by atoms with van der Waals surface area (Å²) in [6, 6.07) is 3.23. The van der Waals surface area contributed by atoms with Crippen molar-refractivity contribution in [1.29, 1.82) is 0 Å². The van der Waals surface area contributed by atoms with E-state index in [1.807, 2.05) is 5.38 Å². The molecule has 1 aromatic heterocycles. The van der Waals surface area contributed by atoms with Crippen molar-refractivity contribution in [3.05, 3.63) is 43.3 Å². The molecule has 0 fully saturated rings. The first-order valence-corrected chi connectivity index (χ1v) is 8.91. The maximum absolute atomic E-state index is 6.04. The van der Waals surface area contributed by atoms with Gasteiger partial charge in [-0.05, 0) is 25.3 Å². The molecule has 114 valence electrons. The van der Waals surface area contributed by atoms with E-state index in [2.05, 4.69) is 4.98 Å². The fourth-order valence-corrected chi connectivity index (χ4v) is 3.36. The summed E-state index contributed by atoms with van der Waals surface area (Å²) in [5, 5.41) is 4.43. The zero-order valence-corrected chi connectivity index (χ0v) is 14.9. The Labute approximate surface area is 147 Å². The van der Waals surface area contributed by atoms with Crippen molar-refractivity contribution in [1.82, 2.24) is 4.98 Å². The van der Waals surface area contributed by atoms with Crippen molar-refractivity contribution in [2.24, 2.45) is 0 Å². The molecule has 0 saturated carbocycles. The molecule has 0 aliphatic carbocycles. The quantitative estimate of drug-likeness (QED) is 0.320. The summed E-state index contributed by atoms with van der Waals surface area (Å²) in [6.45, 7) is 0.575. The Morgan fingerprint density at radius 3 is 2.52 bits per heavy atom. The number of hydrogen-bond donors (Lipinski definition) is 0. The van der Waals surface area contributed by atoms with Crippen molar-refractivity contribution < 1.29 is 4.74 Å². The number of unbranched alkanes of at least 4 members (excludes halogenated alkanes) is 1. The number of aromatic nitrogens is 1. The Kier molecular flexibility index (Phi) is 6.90. The molecule has 0 saturated heterocycles. The number of ether oxygens (including phenoxy) is 1. The number of rotatable bonds is 7. The highest BCUT2D eigenvalue weighted by molar-refractivity contribution is 7.09. The number of halogens is 4. The minimum absolute atomic E-state index is 0.424. The predicted octanol–water partition coefficient (Wildman–Crippen LogP) is 6.24. The third kappa shape index (κ3) is 5.19. The minimum Gasteiger partial charge on any atom is -0.492 e. The molecule has 2 rings (SSSR count). The number of benzene rings is 1. The third-order valence-corrected chi connectivity index (χ3v) is 5.00. The number of aryl methyl sites for hydroxylation is 1. The summed E-state index contributed by atoms with van der Waals surface area (Å²) in [5.41, 5.74) is 0.940. The summed E-state index contributed by atoms with van der Waals surface area (Å²) < 4.78 is 5.62. The van der Waals surface area contributed by atoms with Gasteiger partial charge in [-0.1, -0.05) is 34.8 Å². The summed E-state index contributed by atoms with van der Waals surface area (Å²) in [6.07, 6.45) is 2.83. The Bertz CT molecular complexity index is 603. The molecular formula is C14H13Cl4NOS. The highest BCUT2D eigenvalue weighted by Gasteiger charge is 2.07. The van der Waals surface area contributed by atoms with Crippen LogP contribution in [0.3, 0.4) is 0 Å². The largest absolute Gasteiger partial charge is 0.492 e. The van der Waals surface area contributed by atoms with Crippen LogP contribution in [0.2, 0.25) is 15.1 Å². The Balaban J connectivity index is 1.73. The van der Waals surface area contributed by atoms with E-state index in [0.717, 1.165) is 30.0 Å². The van der Waals surface area contributed by atoms with Gasteiger partial charge < -0.3 is 4.74 Å². The fourth-order valence-electron chi connectivity index (χ4n) is 1.70. The van der Waals surface area contributed by atoms with E-state index in [0.29, 0.717) is 33.3 Å². The molecule has 21 heavy (non-hydrogen) atoms. The van der Waals surface area contributed by atoms with E-state index in [4.69, 9.17) is 51.1 Å². The van der Waals surface area contributed by atoms with Crippen LogP contribution in [0.15, 0.2) is 17.5 Å². The normalized spacial score (nSPS) is 10.9. The second kappa shape index (κ2) is 8.44. The van der Waals surface area contributed by atoms with Crippen molar-refractivity contribution in [3.63, 3.8) is 0 Å². The minimum atomic E-state index is 0.424. The van der Waals surface area contributed by atoms with Gasteiger partial charge in [-0.3, -0.25) is 0 Å². The first-order chi connectivity index (χ1) is 10.1. The second-order valence-electron chi connectivity index (χ2n) is 4.37. The number of nitrogens with zero attached hydrogens (tertiary/aromatic N) is 1. The zero-order valence-electron chi connectivity index (χ0n) is 11.0. The van der Waals surface area contributed by atoms with Gasteiger partial charge in [0, 0.05) is 11.4 Å². The van der Waals surface area contributed by atoms with Crippen molar-refractivity contribution >= 4 is 57.7 Å². The molecule has 2 aromatic rings. The van der Waals surface area contributed by atoms with Gasteiger partial charge in [-0.25, -0.2) is 4.98 Å². The highest BCUT2D eigenvalue weighted by Crippen LogP contribution is 2.33. The van der Waals surface area contributed by atoms with E-state index in [1.165, 1.54) is 0 Å². The van der Waals surface area contributed by atoms with Crippen LogP contribution in [0.5, 0.6) is 5.75 Å². The lowest BCUT2D eigenvalue weighted by atomic mass is 10.2. The van der Waals surface area contributed by atoms with Crippen LogP contribution < -0.4 is 4.74 Å². The van der Waals surface area contributed by atoms with Gasteiger partial charge in [-0.2, -0.15) is 0 Å². The van der Waals surface area contributed by atoms with Crippen LogP contribution in [0.4, 0.5) is 0 Å². The summed E-state index contributed by atoms with van der Waals surface area (Å²) in [5.74, 6) is 1.03. The molecule has 0 unspecified atom stereocenters. The molecule has 0 amide bonds. The van der Waals surface area contributed by atoms with E-state index < -0.39 is 0 Å². The van der Waals surface area contributed by atoms with Gasteiger partial charge in [0.25, 0.3) is 0 Å². The average Bonchev–Trinajstić information content (AvgIpc) is 2.92. The van der Waals surface area contributed by atoms with E-state index >= 15 is 0 Å². The maximum Gasteiger partial charge on any atom is 0.139 e. The molecular weight excluding hydrogens is 372 g/mol. The molecule has 0 aliphatic heterocycles. The molecule has 2 nitrogen and oxygen atoms in total. The molecule has 0 N–H and O–H groups in total. The standard InChI is InChI=1S/C14H13Cl4NOS/c15-7-9-8-21-14(19-9)3-1-2-4-20-13-6-11(17)10(16)5-12(13)18/h5-6,8H,1-4,7H2. The number of hydrogen-bond acceptors (Lipinski definition) is 3. The Hall–Kier alpha value is -0.190. The highest BCUT2D eigenvalue weighted by atomic mass is 35.5. The van der Waals surface area contributed by atoms with Crippen molar-refractivity contribution in [3.8, 4) is 5.75 Å². The number of alkyl halides is 1. The van der Waals surface area contributed by atoms with Crippen LogP contribution >= 0.6 is 57.7 Å². The molecule has 0 bridgehead atoms. The molecule has 7 heteroatoms. The van der Waals surface area contributed by atoms with Gasteiger partial charge >= 0.3 is 0 Å². The fraction of sp³-hybridized carbons (Fsp3) is 0.357. The molecule has 0 aliphatic rings. The van der Waals surface area contributed by atoms with Crippen molar-refractivity contribution in [2.45, 2.75) is 25.1 Å². The predicted molar refractivity (Wildman–Crippen MR) is 91.6 cm³/mol. The number of thiazole rings is 1. The first kappa shape index (κ1) is 17.2. The lowest BCUT2D eigenvalue weighted by molar-refractivity contribution is 0.307. The molecule has 0 spiro atoms. The van der Waals surface area contributed by atoms with Gasteiger partial charge in [0.2, 0.25) is 0 Å². The monoisotopic (exact) mass is 383 g/mol. The van der Waals surface area contributed by atoms with Crippen LogP contribution in [0, 0.1) is 0 Å². The summed E-state index contributed by atoms with van der Waals surface area (Å²) >= 11 is 25.2. The third-order valence-electron chi connectivity index (χ3n) is 2.75. The first-order valence-electron chi connectivity index (χ1n) is 6.36. The molecule has 0 atom stereocenters. The van der Waals surface area contributed by atoms with Gasteiger partial charge in [0.05, 0.1) is 38.3 Å². The van der Waals surface area contributed by atoms with Gasteiger partial charge in [0.15, 0.2) is 0 Å². The van der Waals surface area contributed by atoms with Gasteiger partial charge in [0.1, 0.15) is 5.75 Å². The second-order valence-corrected chi connectivity index (χ2v) is 6.80. The van der Waals surface area contributed by atoms with Crippen LogP contribution in [0.25, 0.3) is 0 Å². The molecule has 1 aromatic carbocycles. The lowest BCUT2D eigenvalue weighted by Crippen LogP contribution is -1.99. The Morgan fingerprint density at radius 2 is 1.81 bits per heavy atom. The van der Waals surface area contributed by atoms with Crippen LogP contribution in [-0.2, 0) is 12.3 Å². The summed E-state index contributed by atoms with van der Waals surface area (Å²) in [7, 11) is 0. The maximum atomic E-state index is 6.04. The SMILES string of the molecule is ClCc1csc(CCCCOc2cc(Cl)c(Cl)cc2Cl)n1. The van der Waals surface area contributed by atoms with E-state index in [-0.39, 0.29) is 0 Å².